The van der Waals surface area contributed by atoms with Gasteiger partial charge in [0.1, 0.15) is 0 Å². The highest BCUT2D eigenvalue weighted by molar-refractivity contribution is 4.95. The number of hydrogen-bond donors (Lipinski definition) is 1. The third-order valence-electron chi connectivity index (χ3n) is 4.70. The first-order valence-corrected chi connectivity index (χ1v) is 7.57. The number of nitrogens with one attached hydrogen (secondary N) is 1. The zero-order chi connectivity index (χ0) is 13.2. The van der Waals surface area contributed by atoms with Crippen LogP contribution in [0.15, 0.2) is 0 Å². The van der Waals surface area contributed by atoms with Crippen LogP contribution in [0.2, 0.25) is 0 Å². The summed E-state index contributed by atoms with van der Waals surface area (Å²) >= 11 is 0. The Balaban J connectivity index is 1.82. The van der Waals surface area contributed by atoms with Gasteiger partial charge in [-0.2, -0.15) is 0 Å². The van der Waals surface area contributed by atoms with Crippen molar-refractivity contribution in [3.05, 3.63) is 0 Å². The zero-order valence-electron chi connectivity index (χ0n) is 12.5. The molecule has 0 radical (unpaired) electrons. The highest BCUT2D eigenvalue weighted by Gasteiger charge is 2.36. The molecule has 3 unspecified atom stereocenters. The molecule has 0 amide bonds. The van der Waals surface area contributed by atoms with Gasteiger partial charge in [-0.05, 0) is 53.0 Å². The molecule has 106 valence electrons. The topological polar surface area (TPSA) is 24.5 Å². The second kappa shape index (κ2) is 5.89. The molecular formula is C15H30N2O. The van der Waals surface area contributed by atoms with Crippen molar-refractivity contribution in [3.63, 3.8) is 0 Å². The number of piperidine rings is 1. The van der Waals surface area contributed by atoms with E-state index in [-0.39, 0.29) is 5.60 Å². The molecule has 0 bridgehead atoms. The van der Waals surface area contributed by atoms with Gasteiger partial charge in [0.2, 0.25) is 0 Å². The average molecular weight is 254 g/mol. The van der Waals surface area contributed by atoms with Crippen LogP contribution in [-0.2, 0) is 4.74 Å². The summed E-state index contributed by atoms with van der Waals surface area (Å²) in [6.07, 6.45) is 6.60. The Kier molecular flexibility index (Phi) is 4.68. The van der Waals surface area contributed by atoms with Crippen LogP contribution in [-0.4, -0.2) is 48.8 Å². The van der Waals surface area contributed by atoms with Gasteiger partial charge in [0, 0.05) is 31.8 Å². The number of ether oxygens (including phenoxy) is 1. The second-order valence-electron chi connectivity index (χ2n) is 6.73. The Morgan fingerprint density at radius 1 is 1.28 bits per heavy atom. The standard InChI is InChI=1S/C15H30N2O/c1-12(11-15(2,3)18-4)16-13-8-10-17-9-6-5-7-14(13)17/h12-14,16H,5-11H2,1-4H3. The normalized spacial score (nSPS) is 31.3. The van der Waals surface area contributed by atoms with Crippen LogP contribution in [0.5, 0.6) is 0 Å². The molecule has 2 saturated heterocycles. The molecule has 0 aromatic carbocycles. The molecule has 3 atom stereocenters. The lowest BCUT2D eigenvalue weighted by Crippen LogP contribution is -2.48. The largest absolute Gasteiger partial charge is 0.379 e. The van der Waals surface area contributed by atoms with Crippen molar-refractivity contribution in [2.24, 2.45) is 0 Å². The van der Waals surface area contributed by atoms with Crippen LogP contribution in [0.4, 0.5) is 0 Å². The number of hydrogen-bond acceptors (Lipinski definition) is 3. The zero-order valence-corrected chi connectivity index (χ0v) is 12.5. The molecule has 2 rings (SSSR count). The van der Waals surface area contributed by atoms with Gasteiger partial charge in [-0.3, -0.25) is 4.90 Å². The van der Waals surface area contributed by atoms with Crippen LogP contribution in [0, 0.1) is 0 Å². The van der Waals surface area contributed by atoms with Crippen molar-refractivity contribution < 1.29 is 4.74 Å². The minimum absolute atomic E-state index is 0.0166. The maximum absolute atomic E-state index is 5.53. The van der Waals surface area contributed by atoms with E-state index in [1.165, 1.54) is 38.8 Å². The fourth-order valence-corrected chi connectivity index (χ4v) is 3.69. The summed E-state index contributed by atoms with van der Waals surface area (Å²) in [4.78, 5) is 2.69. The summed E-state index contributed by atoms with van der Waals surface area (Å²) in [5.41, 5.74) is -0.0166. The lowest BCUT2D eigenvalue weighted by molar-refractivity contribution is 0.00709. The Hall–Kier alpha value is -0.120. The molecule has 2 heterocycles. The van der Waals surface area contributed by atoms with Crippen molar-refractivity contribution in [3.8, 4) is 0 Å². The fourth-order valence-electron chi connectivity index (χ4n) is 3.69. The SMILES string of the molecule is COC(C)(C)CC(C)NC1CCN2CCCCC12. The first-order valence-electron chi connectivity index (χ1n) is 7.57. The summed E-state index contributed by atoms with van der Waals surface area (Å²) in [6, 6.07) is 2.03. The second-order valence-corrected chi connectivity index (χ2v) is 6.73. The smallest absolute Gasteiger partial charge is 0.0637 e. The maximum atomic E-state index is 5.53. The van der Waals surface area contributed by atoms with Crippen LogP contribution in [0.25, 0.3) is 0 Å². The Labute approximate surface area is 112 Å². The van der Waals surface area contributed by atoms with E-state index < -0.39 is 0 Å². The predicted molar refractivity (Wildman–Crippen MR) is 75.9 cm³/mol. The number of fused-ring (bicyclic) bond motifs is 1. The van der Waals surface area contributed by atoms with Gasteiger partial charge < -0.3 is 10.1 Å². The van der Waals surface area contributed by atoms with E-state index in [9.17, 15) is 0 Å². The first-order chi connectivity index (χ1) is 8.52. The highest BCUT2D eigenvalue weighted by atomic mass is 16.5. The van der Waals surface area contributed by atoms with Crippen molar-refractivity contribution in [1.29, 1.82) is 0 Å². The number of rotatable bonds is 5. The summed E-state index contributed by atoms with van der Waals surface area (Å²) in [6.45, 7) is 9.26. The van der Waals surface area contributed by atoms with E-state index in [0.29, 0.717) is 12.1 Å². The van der Waals surface area contributed by atoms with Crippen molar-refractivity contribution in [2.45, 2.75) is 76.6 Å². The third kappa shape index (κ3) is 3.46. The maximum Gasteiger partial charge on any atom is 0.0637 e. The Bertz CT molecular complexity index is 267. The molecule has 0 aliphatic carbocycles. The van der Waals surface area contributed by atoms with Crippen LogP contribution >= 0.6 is 0 Å². The minimum atomic E-state index is -0.0166. The minimum Gasteiger partial charge on any atom is -0.379 e. The summed E-state index contributed by atoms with van der Waals surface area (Å²) in [5.74, 6) is 0. The summed E-state index contributed by atoms with van der Waals surface area (Å²) in [5, 5.41) is 3.85. The van der Waals surface area contributed by atoms with E-state index in [1.54, 1.807) is 0 Å². The molecule has 0 aromatic heterocycles. The lowest BCUT2D eigenvalue weighted by atomic mass is 9.95. The third-order valence-corrected chi connectivity index (χ3v) is 4.70. The monoisotopic (exact) mass is 254 g/mol. The lowest BCUT2D eigenvalue weighted by Gasteiger charge is -2.35. The van der Waals surface area contributed by atoms with Gasteiger partial charge in [-0.1, -0.05) is 6.42 Å². The van der Waals surface area contributed by atoms with E-state index >= 15 is 0 Å². The quantitative estimate of drug-likeness (QED) is 0.815. The van der Waals surface area contributed by atoms with E-state index in [0.717, 1.165) is 12.5 Å². The fraction of sp³-hybridized carbons (Fsp3) is 1.00. The average Bonchev–Trinajstić information content (AvgIpc) is 2.72. The van der Waals surface area contributed by atoms with Gasteiger partial charge in [-0.25, -0.2) is 0 Å². The van der Waals surface area contributed by atoms with Gasteiger partial charge in [-0.15, -0.1) is 0 Å². The molecule has 0 aromatic rings. The summed E-state index contributed by atoms with van der Waals surface area (Å²) in [7, 11) is 1.81. The van der Waals surface area contributed by atoms with Gasteiger partial charge in [0.15, 0.2) is 0 Å². The highest BCUT2D eigenvalue weighted by Crippen LogP contribution is 2.28. The van der Waals surface area contributed by atoms with Gasteiger partial charge >= 0.3 is 0 Å². The van der Waals surface area contributed by atoms with Crippen LogP contribution < -0.4 is 5.32 Å². The molecule has 2 fully saturated rings. The van der Waals surface area contributed by atoms with Gasteiger partial charge in [0.25, 0.3) is 0 Å². The molecule has 3 heteroatoms. The van der Waals surface area contributed by atoms with Gasteiger partial charge in [0.05, 0.1) is 5.60 Å². The molecule has 3 nitrogen and oxygen atoms in total. The van der Waals surface area contributed by atoms with E-state index in [2.05, 4.69) is 31.0 Å². The molecular weight excluding hydrogens is 224 g/mol. The van der Waals surface area contributed by atoms with E-state index in [1.807, 2.05) is 7.11 Å². The predicted octanol–water partition coefficient (Wildman–Crippen LogP) is 2.41. The first kappa shape index (κ1) is 14.3. The van der Waals surface area contributed by atoms with E-state index in [4.69, 9.17) is 4.74 Å². The molecule has 18 heavy (non-hydrogen) atoms. The number of methoxy groups -OCH3 is 1. The molecule has 2 aliphatic rings. The Morgan fingerprint density at radius 3 is 2.78 bits per heavy atom. The number of nitrogens with zero attached hydrogens (tertiary/aromatic N) is 1. The molecule has 2 aliphatic heterocycles. The van der Waals surface area contributed by atoms with Crippen molar-refractivity contribution in [2.75, 3.05) is 20.2 Å². The molecule has 1 N–H and O–H groups in total. The van der Waals surface area contributed by atoms with Crippen molar-refractivity contribution in [1.82, 2.24) is 10.2 Å². The Morgan fingerprint density at radius 2 is 2.06 bits per heavy atom. The molecule has 0 spiro atoms. The molecule has 0 saturated carbocycles. The van der Waals surface area contributed by atoms with Crippen LogP contribution in [0.3, 0.4) is 0 Å². The summed E-state index contributed by atoms with van der Waals surface area (Å²) < 4.78 is 5.53. The van der Waals surface area contributed by atoms with Crippen LogP contribution in [0.1, 0.15) is 52.9 Å². The van der Waals surface area contributed by atoms with Crippen molar-refractivity contribution >= 4 is 0 Å².